The quantitative estimate of drug-likeness (QED) is 0.441. The van der Waals surface area contributed by atoms with Gasteiger partial charge in [0.1, 0.15) is 5.60 Å². The first-order chi connectivity index (χ1) is 8.33. The van der Waals surface area contributed by atoms with Gasteiger partial charge in [0.05, 0.1) is 12.1 Å². The highest BCUT2D eigenvalue weighted by Gasteiger charge is 2.29. The van der Waals surface area contributed by atoms with E-state index in [0.29, 0.717) is 19.4 Å². The van der Waals surface area contributed by atoms with Gasteiger partial charge in [0, 0.05) is 18.0 Å². The van der Waals surface area contributed by atoms with Gasteiger partial charge >= 0.3 is 6.09 Å². The van der Waals surface area contributed by atoms with Gasteiger partial charge in [-0.3, -0.25) is 0 Å². The molecule has 0 aliphatic carbocycles. The van der Waals surface area contributed by atoms with Crippen molar-refractivity contribution in [2.45, 2.75) is 51.4 Å². The van der Waals surface area contributed by atoms with Gasteiger partial charge in [0.15, 0.2) is 0 Å². The van der Waals surface area contributed by atoms with Crippen LogP contribution in [0.1, 0.15) is 33.6 Å². The zero-order valence-corrected chi connectivity index (χ0v) is 11.0. The van der Waals surface area contributed by atoms with Crippen molar-refractivity contribution in [3.05, 3.63) is 10.4 Å². The molecule has 1 heterocycles. The van der Waals surface area contributed by atoms with Crippen molar-refractivity contribution in [1.82, 2.24) is 4.90 Å². The predicted molar refractivity (Wildman–Crippen MR) is 66.0 cm³/mol. The molecule has 7 heteroatoms. The van der Waals surface area contributed by atoms with Gasteiger partial charge in [-0.1, -0.05) is 5.11 Å². The maximum Gasteiger partial charge on any atom is 0.410 e. The summed E-state index contributed by atoms with van der Waals surface area (Å²) in [6, 6.07) is -0.606. The van der Waals surface area contributed by atoms with Gasteiger partial charge in [-0.2, -0.15) is 0 Å². The standard InChI is InChI=1S/C11H20N4O3/c1-11(2,3)18-10(17)15-6-4-5-9(16)8(7-15)13-14-12/h8-9,16H,4-7H2,1-3H3/t8-,9-/m1/s1. The van der Waals surface area contributed by atoms with Crippen LogP contribution in [-0.4, -0.2) is 46.9 Å². The molecular formula is C11H20N4O3. The van der Waals surface area contributed by atoms with Crippen LogP contribution in [0.4, 0.5) is 4.79 Å². The van der Waals surface area contributed by atoms with Crippen LogP contribution in [0.5, 0.6) is 0 Å². The van der Waals surface area contributed by atoms with E-state index in [9.17, 15) is 9.90 Å². The van der Waals surface area contributed by atoms with E-state index in [1.807, 2.05) is 0 Å². The van der Waals surface area contributed by atoms with E-state index in [-0.39, 0.29) is 6.54 Å². The second-order valence-corrected chi connectivity index (χ2v) is 5.41. The first-order valence-electron chi connectivity index (χ1n) is 6.03. The molecule has 0 bridgehead atoms. The van der Waals surface area contributed by atoms with E-state index in [0.717, 1.165) is 0 Å². The molecule has 0 aromatic rings. The molecule has 0 spiro atoms. The molecule has 0 radical (unpaired) electrons. The highest BCUT2D eigenvalue weighted by molar-refractivity contribution is 5.68. The molecule has 1 saturated heterocycles. The largest absolute Gasteiger partial charge is 0.444 e. The van der Waals surface area contributed by atoms with Crippen LogP contribution >= 0.6 is 0 Å². The van der Waals surface area contributed by atoms with Crippen LogP contribution < -0.4 is 0 Å². The van der Waals surface area contributed by atoms with Crippen molar-refractivity contribution in [1.29, 1.82) is 0 Å². The molecular weight excluding hydrogens is 236 g/mol. The number of ether oxygens (including phenoxy) is 1. The fraction of sp³-hybridized carbons (Fsp3) is 0.909. The summed E-state index contributed by atoms with van der Waals surface area (Å²) in [7, 11) is 0. The van der Waals surface area contributed by atoms with Crippen LogP contribution in [0.25, 0.3) is 10.4 Å². The Bertz CT molecular complexity index is 347. The second kappa shape index (κ2) is 5.93. The Morgan fingerprint density at radius 1 is 1.56 bits per heavy atom. The minimum Gasteiger partial charge on any atom is -0.444 e. The van der Waals surface area contributed by atoms with E-state index in [1.54, 1.807) is 20.8 Å². The number of aliphatic hydroxyl groups excluding tert-OH is 1. The predicted octanol–water partition coefficient (Wildman–Crippen LogP) is 2.06. The summed E-state index contributed by atoms with van der Waals surface area (Å²) in [6.45, 7) is 6.08. The molecule has 1 aliphatic rings. The van der Waals surface area contributed by atoms with Gasteiger partial charge in [-0.05, 0) is 39.1 Å². The normalized spacial score (nSPS) is 25.0. The molecule has 0 saturated carbocycles. The fourth-order valence-corrected chi connectivity index (χ4v) is 1.79. The molecule has 1 N–H and O–H groups in total. The van der Waals surface area contributed by atoms with E-state index in [4.69, 9.17) is 10.3 Å². The van der Waals surface area contributed by atoms with Gasteiger partial charge in [0.2, 0.25) is 0 Å². The van der Waals surface area contributed by atoms with Crippen LogP contribution in [0.3, 0.4) is 0 Å². The number of likely N-dealkylation sites (tertiary alicyclic amines) is 1. The van der Waals surface area contributed by atoms with Gasteiger partial charge in [-0.25, -0.2) is 4.79 Å². The molecule has 1 fully saturated rings. The Morgan fingerprint density at radius 3 is 2.78 bits per heavy atom. The molecule has 0 aromatic heterocycles. The van der Waals surface area contributed by atoms with Crippen molar-refractivity contribution in [2.24, 2.45) is 5.11 Å². The lowest BCUT2D eigenvalue weighted by Gasteiger charge is -2.27. The van der Waals surface area contributed by atoms with Crippen molar-refractivity contribution >= 4 is 6.09 Å². The number of hydrogen-bond acceptors (Lipinski definition) is 4. The van der Waals surface area contributed by atoms with Crippen LogP contribution in [0.2, 0.25) is 0 Å². The fourth-order valence-electron chi connectivity index (χ4n) is 1.79. The van der Waals surface area contributed by atoms with Gasteiger partial charge < -0.3 is 14.7 Å². The van der Waals surface area contributed by atoms with Gasteiger partial charge in [0.25, 0.3) is 0 Å². The van der Waals surface area contributed by atoms with Crippen molar-refractivity contribution in [3.8, 4) is 0 Å². The number of hydrogen-bond donors (Lipinski definition) is 1. The first-order valence-corrected chi connectivity index (χ1v) is 6.03. The van der Waals surface area contributed by atoms with Crippen LogP contribution in [0.15, 0.2) is 5.11 Å². The number of carbonyl (C=O) groups excluding carboxylic acids is 1. The third-order valence-electron chi connectivity index (χ3n) is 2.63. The highest BCUT2D eigenvalue weighted by Crippen LogP contribution is 2.17. The number of carbonyl (C=O) groups is 1. The Labute approximate surface area is 106 Å². The Balaban J connectivity index is 2.71. The van der Waals surface area contributed by atoms with E-state index in [2.05, 4.69) is 10.0 Å². The van der Waals surface area contributed by atoms with Crippen LogP contribution in [0, 0.1) is 0 Å². The third kappa shape index (κ3) is 4.43. The summed E-state index contributed by atoms with van der Waals surface area (Å²) < 4.78 is 5.27. The van der Waals surface area contributed by atoms with Crippen LogP contribution in [-0.2, 0) is 4.74 Å². The second-order valence-electron chi connectivity index (χ2n) is 5.41. The molecule has 0 aromatic carbocycles. The summed E-state index contributed by atoms with van der Waals surface area (Å²) in [4.78, 5) is 16.1. The topological polar surface area (TPSA) is 98.5 Å². The molecule has 1 aliphatic heterocycles. The lowest BCUT2D eigenvalue weighted by molar-refractivity contribution is 0.0238. The number of azide groups is 1. The van der Waals surface area contributed by atoms with E-state index >= 15 is 0 Å². The lowest BCUT2D eigenvalue weighted by atomic mass is 10.1. The third-order valence-corrected chi connectivity index (χ3v) is 2.63. The number of rotatable bonds is 1. The average molecular weight is 256 g/mol. The molecule has 1 amide bonds. The number of nitrogens with zero attached hydrogens (tertiary/aromatic N) is 4. The smallest absolute Gasteiger partial charge is 0.410 e. The lowest BCUT2D eigenvalue weighted by Crippen LogP contribution is -2.41. The number of aliphatic hydroxyl groups is 1. The molecule has 102 valence electrons. The summed E-state index contributed by atoms with van der Waals surface area (Å²) in [5.41, 5.74) is 7.89. The summed E-state index contributed by atoms with van der Waals surface area (Å²) in [5.74, 6) is 0. The monoisotopic (exact) mass is 256 g/mol. The minimum absolute atomic E-state index is 0.195. The minimum atomic E-state index is -0.701. The highest BCUT2D eigenvalue weighted by atomic mass is 16.6. The maximum absolute atomic E-state index is 11.9. The summed E-state index contributed by atoms with van der Waals surface area (Å²) in [6.07, 6.45) is 0.0454. The zero-order valence-electron chi connectivity index (χ0n) is 11.0. The zero-order chi connectivity index (χ0) is 13.8. The Kier molecular flexibility index (Phi) is 4.81. The van der Waals surface area contributed by atoms with Gasteiger partial charge in [-0.15, -0.1) is 0 Å². The van der Waals surface area contributed by atoms with Crippen molar-refractivity contribution < 1.29 is 14.6 Å². The molecule has 0 unspecified atom stereocenters. The Morgan fingerprint density at radius 2 is 2.22 bits per heavy atom. The van der Waals surface area contributed by atoms with E-state index in [1.165, 1.54) is 4.90 Å². The van der Waals surface area contributed by atoms with Crippen molar-refractivity contribution in [2.75, 3.05) is 13.1 Å². The molecule has 1 rings (SSSR count). The number of amides is 1. The SMILES string of the molecule is CC(C)(C)OC(=O)N1CCC[C@@H](O)[C@H](N=[N+]=[N-])C1. The summed E-state index contributed by atoms with van der Waals surface area (Å²) >= 11 is 0. The summed E-state index contributed by atoms with van der Waals surface area (Å²) in [5, 5.41) is 13.3. The Hall–Kier alpha value is -1.46. The van der Waals surface area contributed by atoms with E-state index < -0.39 is 23.8 Å². The average Bonchev–Trinajstić information content (AvgIpc) is 2.40. The first kappa shape index (κ1) is 14.6. The molecule has 7 nitrogen and oxygen atoms in total. The molecule has 18 heavy (non-hydrogen) atoms. The van der Waals surface area contributed by atoms with Crippen molar-refractivity contribution in [3.63, 3.8) is 0 Å². The maximum atomic E-state index is 11.9. The molecule has 2 atom stereocenters.